The first kappa shape index (κ1) is 9.79. The SMILES string of the molecule is CCC(C)c1cc(C)cc(Br)c1. The van der Waals surface area contributed by atoms with Gasteiger partial charge in [-0.1, -0.05) is 35.8 Å². The zero-order valence-corrected chi connectivity index (χ0v) is 9.48. The van der Waals surface area contributed by atoms with Crippen LogP contribution in [-0.2, 0) is 0 Å². The summed E-state index contributed by atoms with van der Waals surface area (Å²) in [5, 5.41) is 0. The average Bonchev–Trinajstić information content (AvgIpc) is 2.01. The van der Waals surface area contributed by atoms with Gasteiger partial charge < -0.3 is 0 Å². The van der Waals surface area contributed by atoms with Gasteiger partial charge in [0.1, 0.15) is 0 Å². The fraction of sp³-hybridized carbons (Fsp3) is 0.455. The maximum absolute atomic E-state index is 3.51. The van der Waals surface area contributed by atoms with Crippen LogP contribution in [0.4, 0.5) is 0 Å². The molecular formula is C11H15Br. The molecule has 1 aromatic rings. The van der Waals surface area contributed by atoms with E-state index in [1.165, 1.54) is 22.0 Å². The van der Waals surface area contributed by atoms with Crippen LogP contribution < -0.4 is 0 Å². The Bertz CT molecular complexity index is 245. The summed E-state index contributed by atoms with van der Waals surface area (Å²) in [4.78, 5) is 0. The van der Waals surface area contributed by atoms with Crippen LogP contribution in [0.5, 0.6) is 0 Å². The van der Waals surface area contributed by atoms with Crippen molar-refractivity contribution < 1.29 is 0 Å². The maximum Gasteiger partial charge on any atom is 0.0180 e. The summed E-state index contributed by atoms with van der Waals surface area (Å²) in [6, 6.07) is 6.62. The van der Waals surface area contributed by atoms with Crippen molar-refractivity contribution in [1.82, 2.24) is 0 Å². The number of hydrogen-bond donors (Lipinski definition) is 0. The molecule has 0 aliphatic rings. The van der Waals surface area contributed by atoms with Crippen molar-refractivity contribution in [2.75, 3.05) is 0 Å². The standard InChI is InChI=1S/C11H15Br/c1-4-9(3)10-5-8(2)6-11(12)7-10/h5-7,9H,4H2,1-3H3. The zero-order valence-electron chi connectivity index (χ0n) is 7.89. The molecule has 0 amide bonds. The molecule has 1 unspecified atom stereocenters. The molecule has 0 saturated heterocycles. The van der Waals surface area contributed by atoms with Gasteiger partial charge in [0.05, 0.1) is 0 Å². The lowest BCUT2D eigenvalue weighted by atomic mass is 9.97. The van der Waals surface area contributed by atoms with Crippen LogP contribution in [0.25, 0.3) is 0 Å². The molecule has 0 fully saturated rings. The van der Waals surface area contributed by atoms with Gasteiger partial charge in [-0.05, 0) is 42.5 Å². The minimum atomic E-state index is 0.668. The molecule has 1 aromatic carbocycles. The van der Waals surface area contributed by atoms with Crippen LogP contribution >= 0.6 is 15.9 Å². The van der Waals surface area contributed by atoms with Gasteiger partial charge in [0.2, 0.25) is 0 Å². The summed E-state index contributed by atoms with van der Waals surface area (Å²) in [6.07, 6.45) is 1.20. The van der Waals surface area contributed by atoms with E-state index in [2.05, 4.69) is 54.9 Å². The van der Waals surface area contributed by atoms with Gasteiger partial charge in [-0.25, -0.2) is 0 Å². The number of benzene rings is 1. The summed E-state index contributed by atoms with van der Waals surface area (Å²) in [7, 11) is 0. The highest BCUT2D eigenvalue weighted by molar-refractivity contribution is 9.10. The average molecular weight is 227 g/mol. The van der Waals surface area contributed by atoms with E-state index >= 15 is 0 Å². The van der Waals surface area contributed by atoms with Crippen molar-refractivity contribution in [3.8, 4) is 0 Å². The second-order valence-electron chi connectivity index (χ2n) is 3.37. The molecule has 0 N–H and O–H groups in total. The molecule has 0 spiro atoms. The minimum absolute atomic E-state index is 0.668. The van der Waals surface area contributed by atoms with E-state index < -0.39 is 0 Å². The summed E-state index contributed by atoms with van der Waals surface area (Å²) < 4.78 is 1.19. The molecule has 0 nitrogen and oxygen atoms in total. The van der Waals surface area contributed by atoms with Gasteiger partial charge in [-0.2, -0.15) is 0 Å². The topological polar surface area (TPSA) is 0 Å². The summed E-state index contributed by atoms with van der Waals surface area (Å²) in [5.41, 5.74) is 2.77. The van der Waals surface area contributed by atoms with E-state index in [1.54, 1.807) is 0 Å². The molecule has 0 bridgehead atoms. The number of rotatable bonds is 2. The second kappa shape index (κ2) is 4.08. The van der Waals surface area contributed by atoms with Crippen molar-refractivity contribution in [2.24, 2.45) is 0 Å². The second-order valence-corrected chi connectivity index (χ2v) is 4.29. The first-order chi connectivity index (χ1) is 5.63. The largest absolute Gasteiger partial charge is 0.0648 e. The zero-order chi connectivity index (χ0) is 9.14. The normalized spacial score (nSPS) is 13.0. The Morgan fingerprint density at radius 2 is 2.00 bits per heavy atom. The monoisotopic (exact) mass is 226 g/mol. The molecule has 0 aliphatic carbocycles. The molecule has 1 atom stereocenters. The lowest BCUT2D eigenvalue weighted by Crippen LogP contribution is -1.91. The Labute approximate surface area is 83.1 Å². The lowest BCUT2D eigenvalue weighted by Gasteiger charge is -2.10. The molecule has 0 heterocycles. The van der Waals surface area contributed by atoms with Crippen LogP contribution in [0.1, 0.15) is 37.3 Å². The molecule has 1 rings (SSSR count). The van der Waals surface area contributed by atoms with Crippen LogP contribution in [0.3, 0.4) is 0 Å². The molecule has 66 valence electrons. The fourth-order valence-electron chi connectivity index (χ4n) is 1.28. The van der Waals surface area contributed by atoms with E-state index in [0.717, 1.165) is 0 Å². The highest BCUT2D eigenvalue weighted by Crippen LogP contribution is 2.23. The fourth-order valence-corrected chi connectivity index (χ4v) is 1.91. The van der Waals surface area contributed by atoms with E-state index in [4.69, 9.17) is 0 Å². The third kappa shape index (κ3) is 2.34. The molecule has 0 aliphatic heterocycles. The molecule has 0 radical (unpaired) electrons. The van der Waals surface area contributed by atoms with Crippen molar-refractivity contribution in [1.29, 1.82) is 0 Å². The van der Waals surface area contributed by atoms with E-state index in [9.17, 15) is 0 Å². The van der Waals surface area contributed by atoms with Gasteiger partial charge >= 0.3 is 0 Å². The molecule has 1 heteroatoms. The molecule has 0 saturated carbocycles. The summed E-state index contributed by atoms with van der Waals surface area (Å²) >= 11 is 3.51. The lowest BCUT2D eigenvalue weighted by molar-refractivity contribution is 0.732. The first-order valence-electron chi connectivity index (χ1n) is 4.40. The summed E-state index contributed by atoms with van der Waals surface area (Å²) in [5.74, 6) is 0.668. The van der Waals surface area contributed by atoms with E-state index in [1.807, 2.05) is 0 Å². The van der Waals surface area contributed by atoms with Gasteiger partial charge in [0.25, 0.3) is 0 Å². The van der Waals surface area contributed by atoms with Crippen LogP contribution in [-0.4, -0.2) is 0 Å². The predicted octanol–water partition coefficient (Wildman–Crippen LogP) is 4.27. The van der Waals surface area contributed by atoms with E-state index in [-0.39, 0.29) is 0 Å². The maximum atomic E-state index is 3.51. The van der Waals surface area contributed by atoms with Gasteiger partial charge in [-0.15, -0.1) is 0 Å². The number of aryl methyl sites for hydroxylation is 1. The molecule has 12 heavy (non-hydrogen) atoms. The van der Waals surface area contributed by atoms with Crippen molar-refractivity contribution in [3.05, 3.63) is 33.8 Å². The Morgan fingerprint density at radius 3 is 2.50 bits per heavy atom. The Balaban J connectivity index is 3.00. The predicted molar refractivity (Wildman–Crippen MR) is 57.6 cm³/mol. The Morgan fingerprint density at radius 1 is 1.33 bits per heavy atom. The van der Waals surface area contributed by atoms with Gasteiger partial charge in [0.15, 0.2) is 0 Å². The number of hydrogen-bond acceptors (Lipinski definition) is 0. The van der Waals surface area contributed by atoms with E-state index in [0.29, 0.717) is 5.92 Å². The number of halogens is 1. The Kier molecular flexibility index (Phi) is 3.33. The quantitative estimate of drug-likeness (QED) is 0.707. The Hall–Kier alpha value is -0.300. The molecular weight excluding hydrogens is 212 g/mol. The van der Waals surface area contributed by atoms with Crippen molar-refractivity contribution >= 4 is 15.9 Å². The third-order valence-corrected chi connectivity index (χ3v) is 2.70. The van der Waals surface area contributed by atoms with Crippen LogP contribution in [0, 0.1) is 6.92 Å². The smallest absolute Gasteiger partial charge is 0.0180 e. The third-order valence-electron chi connectivity index (χ3n) is 2.25. The minimum Gasteiger partial charge on any atom is -0.0648 e. The van der Waals surface area contributed by atoms with Gasteiger partial charge in [-0.3, -0.25) is 0 Å². The van der Waals surface area contributed by atoms with Crippen molar-refractivity contribution in [3.63, 3.8) is 0 Å². The van der Waals surface area contributed by atoms with Crippen LogP contribution in [0.15, 0.2) is 22.7 Å². The summed E-state index contributed by atoms with van der Waals surface area (Å²) in [6.45, 7) is 6.62. The van der Waals surface area contributed by atoms with Crippen molar-refractivity contribution in [2.45, 2.75) is 33.1 Å². The molecule has 0 aromatic heterocycles. The highest BCUT2D eigenvalue weighted by Gasteiger charge is 2.03. The van der Waals surface area contributed by atoms with Gasteiger partial charge in [0, 0.05) is 4.47 Å². The first-order valence-corrected chi connectivity index (χ1v) is 5.20. The highest BCUT2D eigenvalue weighted by atomic mass is 79.9. The van der Waals surface area contributed by atoms with Crippen LogP contribution in [0.2, 0.25) is 0 Å².